The van der Waals surface area contributed by atoms with Gasteiger partial charge in [-0.3, -0.25) is 4.79 Å². The minimum atomic E-state index is -3.67. The van der Waals surface area contributed by atoms with Gasteiger partial charge in [-0.15, -0.1) is 11.3 Å². The highest BCUT2D eigenvalue weighted by atomic mass is 35.5. The lowest BCUT2D eigenvalue weighted by molar-refractivity contribution is 0.0980. The van der Waals surface area contributed by atoms with Crippen LogP contribution in [0.25, 0.3) is 10.4 Å². The molecule has 0 unspecified atom stereocenters. The van der Waals surface area contributed by atoms with Crippen LogP contribution < -0.4 is 4.72 Å². The molecule has 1 aromatic heterocycles. The van der Waals surface area contributed by atoms with Crippen LogP contribution in [0, 0.1) is 6.92 Å². The first kappa shape index (κ1) is 23.5. The molecule has 0 aliphatic carbocycles. The summed E-state index contributed by atoms with van der Waals surface area (Å²) < 4.78 is 26.8. The van der Waals surface area contributed by atoms with Crippen LogP contribution in [0.1, 0.15) is 53.2 Å². The van der Waals surface area contributed by atoms with Crippen LogP contribution in [-0.4, -0.2) is 20.1 Å². The van der Waals surface area contributed by atoms with E-state index in [1.807, 2.05) is 55.6 Å². The summed E-state index contributed by atoms with van der Waals surface area (Å²) in [5.41, 5.74) is 3.97. The van der Waals surface area contributed by atoms with Crippen LogP contribution in [0.5, 0.6) is 0 Å². The number of unbranched alkanes of at least 4 members (excludes halogenated alkanes) is 2. The molecule has 3 aromatic rings. The van der Waals surface area contributed by atoms with Crippen molar-refractivity contribution in [3.63, 3.8) is 0 Å². The van der Waals surface area contributed by atoms with Gasteiger partial charge in [0.15, 0.2) is 0 Å². The zero-order chi connectivity index (χ0) is 22.4. The molecule has 7 heteroatoms. The molecule has 0 saturated carbocycles. The molecule has 2 aromatic carbocycles. The predicted molar refractivity (Wildman–Crippen MR) is 130 cm³/mol. The van der Waals surface area contributed by atoms with Gasteiger partial charge in [0.2, 0.25) is 10.0 Å². The Bertz CT molecular complexity index is 1160. The lowest BCUT2D eigenvalue weighted by Gasteiger charge is -2.14. The Morgan fingerprint density at radius 3 is 2.58 bits per heavy atom. The summed E-state index contributed by atoms with van der Waals surface area (Å²) in [7, 11) is -3.67. The van der Waals surface area contributed by atoms with Crippen LogP contribution in [0.15, 0.2) is 53.9 Å². The van der Waals surface area contributed by atoms with Gasteiger partial charge < -0.3 is 0 Å². The minimum Gasteiger partial charge on any atom is -0.268 e. The van der Waals surface area contributed by atoms with E-state index < -0.39 is 15.9 Å². The number of aryl methyl sites for hydroxylation is 1. The predicted octanol–water partition coefficient (Wildman–Crippen LogP) is 6.22. The number of benzene rings is 2. The topological polar surface area (TPSA) is 63.2 Å². The third-order valence-electron chi connectivity index (χ3n) is 5.15. The molecule has 0 bridgehead atoms. The zero-order valence-electron chi connectivity index (χ0n) is 17.7. The largest absolute Gasteiger partial charge is 0.268 e. The van der Waals surface area contributed by atoms with Gasteiger partial charge in [0.1, 0.15) is 0 Å². The van der Waals surface area contributed by atoms with Crippen molar-refractivity contribution in [3.05, 3.63) is 81.2 Å². The molecule has 164 valence electrons. The molecule has 0 aliphatic heterocycles. The number of halogens is 1. The third kappa shape index (κ3) is 6.19. The van der Waals surface area contributed by atoms with Crippen LogP contribution in [-0.2, 0) is 16.4 Å². The maximum atomic E-state index is 12.8. The van der Waals surface area contributed by atoms with Crippen LogP contribution >= 0.6 is 22.9 Å². The molecular formula is C24H26ClNO3S2. The summed E-state index contributed by atoms with van der Waals surface area (Å²) in [5, 5.41) is 2.64. The van der Waals surface area contributed by atoms with Crippen molar-refractivity contribution in [1.29, 1.82) is 0 Å². The standard InChI is InChI=1S/C24H26ClNO3S2/c1-3-4-5-14-31(28,29)26-24(27)20-9-6-8-17(2)21(20)15-18-11-12-19(16-22(18)25)23-10-7-13-30-23/h6-13,16H,3-5,14-15H2,1-2H3,(H,26,27). The smallest absolute Gasteiger partial charge is 0.265 e. The summed E-state index contributed by atoms with van der Waals surface area (Å²) in [6.45, 7) is 3.91. The summed E-state index contributed by atoms with van der Waals surface area (Å²) in [5.74, 6) is -0.648. The Morgan fingerprint density at radius 1 is 1.10 bits per heavy atom. The van der Waals surface area contributed by atoms with Gasteiger partial charge in [0.25, 0.3) is 5.91 Å². The highest BCUT2D eigenvalue weighted by molar-refractivity contribution is 7.90. The number of rotatable bonds is 9. The second kappa shape index (κ2) is 10.4. The number of nitrogens with one attached hydrogen (secondary N) is 1. The highest BCUT2D eigenvalue weighted by Crippen LogP contribution is 2.31. The van der Waals surface area contributed by atoms with E-state index in [9.17, 15) is 13.2 Å². The fraction of sp³-hybridized carbons (Fsp3) is 0.292. The van der Waals surface area contributed by atoms with Crippen LogP contribution in [0.3, 0.4) is 0 Å². The second-order valence-corrected chi connectivity index (χ2v) is 10.7. The van der Waals surface area contributed by atoms with E-state index in [-0.39, 0.29) is 5.75 Å². The van der Waals surface area contributed by atoms with Crippen molar-refractivity contribution in [1.82, 2.24) is 4.72 Å². The molecular weight excluding hydrogens is 450 g/mol. The molecule has 1 heterocycles. The molecule has 0 atom stereocenters. The Hall–Kier alpha value is -2.15. The lowest BCUT2D eigenvalue weighted by Crippen LogP contribution is -2.33. The number of hydrogen-bond acceptors (Lipinski definition) is 4. The van der Waals surface area contributed by atoms with E-state index in [0.29, 0.717) is 23.4 Å². The SMILES string of the molecule is CCCCCS(=O)(=O)NC(=O)c1cccc(C)c1Cc1ccc(-c2cccs2)cc1Cl. The number of amides is 1. The van der Waals surface area contributed by atoms with Crippen molar-refractivity contribution in [2.45, 2.75) is 39.5 Å². The Kier molecular flexibility index (Phi) is 7.92. The van der Waals surface area contributed by atoms with Crippen LogP contribution in [0.4, 0.5) is 0 Å². The zero-order valence-corrected chi connectivity index (χ0v) is 20.0. The maximum Gasteiger partial charge on any atom is 0.265 e. The summed E-state index contributed by atoms with van der Waals surface area (Å²) >= 11 is 8.21. The van der Waals surface area contributed by atoms with E-state index >= 15 is 0 Å². The molecule has 0 fully saturated rings. The number of sulfonamides is 1. The molecule has 1 N–H and O–H groups in total. The van der Waals surface area contributed by atoms with Gasteiger partial charge in [-0.1, -0.05) is 61.7 Å². The van der Waals surface area contributed by atoms with Crippen molar-refractivity contribution in [2.24, 2.45) is 0 Å². The van der Waals surface area contributed by atoms with E-state index in [4.69, 9.17) is 11.6 Å². The molecule has 31 heavy (non-hydrogen) atoms. The minimum absolute atomic E-state index is 0.0518. The first-order valence-corrected chi connectivity index (χ1v) is 13.2. The molecule has 0 saturated heterocycles. The number of hydrogen-bond donors (Lipinski definition) is 1. The quantitative estimate of drug-likeness (QED) is 0.374. The molecule has 3 rings (SSSR count). The molecule has 0 radical (unpaired) electrons. The van der Waals surface area contributed by atoms with Crippen molar-refractivity contribution in [2.75, 3.05) is 5.75 Å². The van der Waals surface area contributed by atoms with Gasteiger partial charge in [0.05, 0.1) is 5.75 Å². The Labute approximate surface area is 193 Å². The van der Waals surface area contributed by atoms with Gasteiger partial charge in [-0.2, -0.15) is 0 Å². The fourth-order valence-electron chi connectivity index (χ4n) is 3.42. The number of carbonyl (C=O) groups excluding carboxylic acids is 1. The summed E-state index contributed by atoms with van der Waals surface area (Å²) in [6, 6.07) is 15.3. The van der Waals surface area contributed by atoms with Crippen molar-refractivity contribution < 1.29 is 13.2 Å². The average Bonchev–Trinajstić information content (AvgIpc) is 3.25. The summed E-state index contributed by atoms with van der Waals surface area (Å²) in [6.07, 6.45) is 2.70. The van der Waals surface area contributed by atoms with Crippen LogP contribution in [0.2, 0.25) is 5.02 Å². The first-order valence-electron chi connectivity index (χ1n) is 10.3. The monoisotopic (exact) mass is 475 g/mol. The van der Waals surface area contributed by atoms with E-state index in [2.05, 4.69) is 4.72 Å². The van der Waals surface area contributed by atoms with Crippen molar-refractivity contribution in [3.8, 4) is 10.4 Å². The van der Waals surface area contributed by atoms with Gasteiger partial charge in [-0.25, -0.2) is 13.1 Å². The summed E-state index contributed by atoms with van der Waals surface area (Å²) in [4.78, 5) is 14.0. The van der Waals surface area contributed by atoms with E-state index in [1.54, 1.807) is 23.5 Å². The first-order chi connectivity index (χ1) is 14.8. The normalized spacial score (nSPS) is 11.5. The van der Waals surface area contributed by atoms with Crippen molar-refractivity contribution >= 4 is 38.9 Å². The number of carbonyl (C=O) groups is 1. The average molecular weight is 476 g/mol. The Morgan fingerprint density at radius 2 is 1.90 bits per heavy atom. The highest BCUT2D eigenvalue weighted by Gasteiger charge is 2.20. The number of thiophene rings is 1. The third-order valence-corrected chi connectivity index (χ3v) is 7.74. The molecule has 0 aliphatic rings. The maximum absolute atomic E-state index is 12.8. The van der Waals surface area contributed by atoms with E-state index in [0.717, 1.165) is 40.0 Å². The fourth-order valence-corrected chi connectivity index (χ4v) is 5.47. The van der Waals surface area contributed by atoms with Gasteiger partial charge in [0, 0.05) is 15.5 Å². The molecule has 4 nitrogen and oxygen atoms in total. The molecule has 0 spiro atoms. The Balaban J connectivity index is 1.84. The van der Waals surface area contributed by atoms with E-state index in [1.165, 1.54) is 0 Å². The van der Waals surface area contributed by atoms with Gasteiger partial charge in [-0.05, 0) is 65.6 Å². The lowest BCUT2D eigenvalue weighted by atomic mass is 9.94. The molecule has 1 amide bonds. The second-order valence-electron chi connectivity index (χ2n) is 7.52. The van der Waals surface area contributed by atoms with Gasteiger partial charge >= 0.3 is 0 Å².